The number of aliphatic hydroxyl groups excluding tert-OH is 1. The molecule has 0 saturated carbocycles. The molecule has 0 aromatic carbocycles. The van der Waals surface area contributed by atoms with Gasteiger partial charge in [-0.25, -0.2) is 4.68 Å². The SMILES string of the molecule is Cc1ncccc1-n1cc(CO)nn1. The molecule has 0 spiro atoms. The van der Waals surface area contributed by atoms with Gasteiger partial charge in [0.25, 0.3) is 0 Å². The molecule has 2 heterocycles. The van der Waals surface area contributed by atoms with Gasteiger partial charge in [0.15, 0.2) is 0 Å². The molecule has 0 saturated heterocycles. The second kappa shape index (κ2) is 3.55. The topological polar surface area (TPSA) is 63.8 Å². The molecule has 1 N–H and O–H groups in total. The van der Waals surface area contributed by atoms with Crippen LogP contribution in [0.15, 0.2) is 24.5 Å². The first-order chi connectivity index (χ1) is 6.81. The fraction of sp³-hybridized carbons (Fsp3) is 0.222. The van der Waals surface area contributed by atoms with Crippen molar-refractivity contribution in [3.8, 4) is 5.69 Å². The summed E-state index contributed by atoms with van der Waals surface area (Å²) in [5.74, 6) is 0. The third kappa shape index (κ3) is 1.49. The van der Waals surface area contributed by atoms with Crippen molar-refractivity contribution in [3.63, 3.8) is 0 Å². The minimum Gasteiger partial charge on any atom is -0.390 e. The molecule has 14 heavy (non-hydrogen) atoms. The zero-order chi connectivity index (χ0) is 9.97. The number of rotatable bonds is 2. The normalized spacial score (nSPS) is 10.4. The van der Waals surface area contributed by atoms with Crippen LogP contribution in [0.4, 0.5) is 0 Å². The van der Waals surface area contributed by atoms with Crippen LogP contribution in [0.5, 0.6) is 0 Å². The van der Waals surface area contributed by atoms with Crippen LogP contribution in [0, 0.1) is 6.92 Å². The van der Waals surface area contributed by atoms with E-state index in [1.807, 2.05) is 19.1 Å². The molecule has 0 fully saturated rings. The van der Waals surface area contributed by atoms with Crippen molar-refractivity contribution in [1.29, 1.82) is 0 Å². The van der Waals surface area contributed by atoms with Crippen LogP contribution >= 0.6 is 0 Å². The van der Waals surface area contributed by atoms with Crippen molar-refractivity contribution < 1.29 is 5.11 Å². The standard InChI is InChI=1S/C9H10N4O/c1-7-9(3-2-4-10-7)13-5-8(6-14)11-12-13/h2-5,14H,6H2,1H3. The van der Waals surface area contributed by atoms with Crippen molar-refractivity contribution in [3.05, 3.63) is 35.9 Å². The summed E-state index contributed by atoms with van der Waals surface area (Å²) in [5.41, 5.74) is 2.30. The van der Waals surface area contributed by atoms with E-state index in [1.165, 1.54) is 0 Å². The predicted molar refractivity (Wildman–Crippen MR) is 49.8 cm³/mol. The summed E-state index contributed by atoms with van der Waals surface area (Å²) in [5, 5.41) is 16.5. The average molecular weight is 190 g/mol. The van der Waals surface area contributed by atoms with Gasteiger partial charge in [-0.1, -0.05) is 5.21 Å². The molecule has 0 amide bonds. The second-order valence-corrected chi connectivity index (χ2v) is 2.92. The van der Waals surface area contributed by atoms with Crippen molar-refractivity contribution in [2.24, 2.45) is 0 Å². The van der Waals surface area contributed by atoms with E-state index < -0.39 is 0 Å². The van der Waals surface area contributed by atoms with Crippen LogP contribution in [-0.2, 0) is 6.61 Å². The van der Waals surface area contributed by atoms with Crippen LogP contribution < -0.4 is 0 Å². The van der Waals surface area contributed by atoms with Crippen molar-refractivity contribution in [1.82, 2.24) is 20.0 Å². The van der Waals surface area contributed by atoms with E-state index in [0.29, 0.717) is 5.69 Å². The summed E-state index contributed by atoms with van der Waals surface area (Å²) in [6, 6.07) is 3.74. The summed E-state index contributed by atoms with van der Waals surface area (Å²) in [6.07, 6.45) is 3.41. The van der Waals surface area contributed by atoms with E-state index in [0.717, 1.165) is 11.4 Å². The summed E-state index contributed by atoms with van der Waals surface area (Å²) < 4.78 is 1.61. The maximum atomic E-state index is 8.84. The molecular formula is C9H10N4O. The third-order valence-corrected chi connectivity index (χ3v) is 1.93. The lowest BCUT2D eigenvalue weighted by Crippen LogP contribution is -1.98. The number of nitrogens with zero attached hydrogens (tertiary/aromatic N) is 4. The highest BCUT2D eigenvalue weighted by molar-refractivity contribution is 5.33. The first kappa shape index (κ1) is 8.83. The van der Waals surface area contributed by atoms with Crippen LogP contribution in [0.2, 0.25) is 0 Å². The molecule has 2 rings (SSSR count). The minimum atomic E-state index is -0.0979. The molecule has 0 radical (unpaired) electrons. The average Bonchev–Trinajstić information content (AvgIpc) is 2.67. The van der Waals surface area contributed by atoms with Crippen molar-refractivity contribution in [2.75, 3.05) is 0 Å². The van der Waals surface area contributed by atoms with Crippen LogP contribution in [0.1, 0.15) is 11.4 Å². The molecule has 0 aliphatic carbocycles. The Balaban J connectivity index is 2.44. The van der Waals surface area contributed by atoms with Gasteiger partial charge in [-0.2, -0.15) is 0 Å². The maximum Gasteiger partial charge on any atom is 0.109 e. The third-order valence-electron chi connectivity index (χ3n) is 1.93. The van der Waals surface area contributed by atoms with E-state index >= 15 is 0 Å². The van der Waals surface area contributed by atoms with Crippen molar-refractivity contribution >= 4 is 0 Å². The monoisotopic (exact) mass is 190 g/mol. The number of pyridine rings is 1. The molecule has 0 aliphatic heterocycles. The van der Waals surface area contributed by atoms with E-state index in [2.05, 4.69) is 15.3 Å². The van der Waals surface area contributed by atoms with E-state index in [4.69, 9.17) is 5.11 Å². The fourth-order valence-electron chi connectivity index (χ4n) is 1.21. The number of hydrogen-bond acceptors (Lipinski definition) is 4. The van der Waals surface area contributed by atoms with Gasteiger partial charge in [-0.05, 0) is 19.1 Å². The molecule has 0 aliphatic rings. The molecule has 2 aromatic heterocycles. The van der Waals surface area contributed by atoms with Gasteiger partial charge in [0.1, 0.15) is 5.69 Å². The lowest BCUT2D eigenvalue weighted by molar-refractivity contribution is 0.276. The van der Waals surface area contributed by atoms with Gasteiger partial charge >= 0.3 is 0 Å². The van der Waals surface area contributed by atoms with Gasteiger partial charge in [-0.15, -0.1) is 5.10 Å². The quantitative estimate of drug-likeness (QED) is 0.747. The molecule has 0 bridgehead atoms. The van der Waals surface area contributed by atoms with E-state index in [9.17, 15) is 0 Å². The minimum absolute atomic E-state index is 0.0979. The number of aryl methyl sites for hydroxylation is 1. The van der Waals surface area contributed by atoms with Crippen LogP contribution in [0.3, 0.4) is 0 Å². The highest BCUT2D eigenvalue weighted by atomic mass is 16.3. The molecule has 5 nitrogen and oxygen atoms in total. The number of aliphatic hydroxyl groups is 1. The highest BCUT2D eigenvalue weighted by Gasteiger charge is 2.04. The smallest absolute Gasteiger partial charge is 0.109 e. The van der Waals surface area contributed by atoms with E-state index in [-0.39, 0.29) is 6.61 Å². The Hall–Kier alpha value is -1.75. The lowest BCUT2D eigenvalue weighted by Gasteiger charge is -2.01. The first-order valence-corrected chi connectivity index (χ1v) is 4.25. The van der Waals surface area contributed by atoms with Crippen LogP contribution in [0.25, 0.3) is 5.69 Å². The van der Waals surface area contributed by atoms with Gasteiger partial charge in [0, 0.05) is 6.20 Å². The predicted octanol–water partition coefficient (Wildman–Crippen LogP) is 0.463. The summed E-state index contributed by atoms with van der Waals surface area (Å²) in [7, 11) is 0. The van der Waals surface area contributed by atoms with E-state index in [1.54, 1.807) is 17.1 Å². The maximum absolute atomic E-state index is 8.84. The molecule has 0 unspecified atom stereocenters. The molecule has 2 aromatic rings. The molecule has 72 valence electrons. The van der Waals surface area contributed by atoms with Gasteiger partial charge < -0.3 is 5.11 Å². The highest BCUT2D eigenvalue weighted by Crippen LogP contribution is 2.09. The zero-order valence-corrected chi connectivity index (χ0v) is 7.75. The van der Waals surface area contributed by atoms with Crippen molar-refractivity contribution in [2.45, 2.75) is 13.5 Å². The summed E-state index contributed by atoms with van der Waals surface area (Å²) in [4.78, 5) is 4.14. The van der Waals surface area contributed by atoms with Gasteiger partial charge in [-0.3, -0.25) is 4.98 Å². The van der Waals surface area contributed by atoms with Gasteiger partial charge in [0.2, 0.25) is 0 Å². The molecule has 5 heteroatoms. The van der Waals surface area contributed by atoms with Crippen LogP contribution in [-0.4, -0.2) is 25.1 Å². The Bertz CT molecular complexity index is 438. The van der Waals surface area contributed by atoms with Gasteiger partial charge in [0.05, 0.1) is 24.2 Å². The Kier molecular flexibility index (Phi) is 2.24. The Morgan fingerprint density at radius 3 is 3.00 bits per heavy atom. The number of hydrogen-bond donors (Lipinski definition) is 1. The molecule has 0 atom stereocenters. The Labute approximate surface area is 81.0 Å². The number of aromatic nitrogens is 4. The molecular weight excluding hydrogens is 180 g/mol. The fourth-order valence-corrected chi connectivity index (χ4v) is 1.21. The second-order valence-electron chi connectivity index (χ2n) is 2.92. The summed E-state index contributed by atoms with van der Waals surface area (Å²) in [6.45, 7) is 1.80. The zero-order valence-electron chi connectivity index (χ0n) is 7.75. The largest absolute Gasteiger partial charge is 0.390 e. The lowest BCUT2D eigenvalue weighted by atomic mass is 10.3. The Morgan fingerprint density at radius 1 is 1.50 bits per heavy atom. The summed E-state index contributed by atoms with van der Waals surface area (Å²) >= 11 is 0. The Morgan fingerprint density at radius 2 is 2.36 bits per heavy atom. The first-order valence-electron chi connectivity index (χ1n) is 4.25.